The molecule has 9 nitrogen and oxygen atoms in total. The minimum Gasteiger partial charge on any atom is -0.465 e. The zero-order valence-electron chi connectivity index (χ0n) is 21.8. The van der Waals surface area contributed by atoms with Crippen molar-refractivity contribution in [3.8, 4) is 11.5 Å². The fourth-order valence-electron chi connectivity index (χ4n) is 4.27. The first-order chi connectivity index (χ1) is 19.4. The number of amides is 1. The Bertz CT molecular complexity index is 1570. The fourth-order valence-corrected chi connectivity index (χ4v) is 5.35. The van der Waals surface area contributed by atoms with Crippen LogP contribution in [0.3, 0.4) is 0 Å². The molecule has 204 valence electrons. The highest BCUT2D eigenvalue weighted by atomic mass is 32.1. The number of para-hydroxylation sites is 2. The van der Waals surface area contributed by atoms with Crippen molar-refractivity contribution in [2.75, 3.05) is 31.1 Å². The third kappa shape index (κ3) is 5.92. The number of carbonyl (C=O) groups is 3. The smallest absolute Gasteiger partial charge is 0.341 e. The molecule has 0 saturated heterocycles. The molecule has 4 aromatic rings. The Morgan fingerprint density at radius 1 is 0.925 bits per heavy atom. The monoisotopic (exact) mass is 558 g/mol. The van der Waals surface area contributed by atoms with Crippen LogP contribution in [0, 0.1) is 6.92 Å². The highest BCUT2D eigenvalue weighted by molar-refractivity contribution is 7.16. The van der Waals surface area contributed by atoms with Gasteiger partial charge in [0, 0.05) is 10.6 Å². The van der Waals surface area contributed by atoms with Crippen LogP contribution >= 0.6 is 11.3 Å². The number of hydrogen-bond acceptors (Lipinski definition) is 9. The molecule has 1 amide bonds. The second-order valence-electron chi connectivity index (χ2n) is 8.86. The lowest BCUT2D eigenvalue weighted by Gasteiger charge is -2.12. The minimum atomic E-state index is -0.659. The van der Waals surface area contributed by atoms with E-state index in [9.17, 15) is 14.4 Å². The Labute approximate surface area is 234 Å². The van der Waals surface area contributed by atoms with E-state index in [-0.39, 0.29) is 17.9 Å². The molecule has 0 radical (unpaired) electrons. The van der Waals surface area contributed by atoms with Crippen molar-refractivity contribution in [2.45, 2.75) is 13.3 Å². The number of methoxy groups -OCH3 is 1. The van der Waals surface area contributed by atoms with Crippen molar-refractivity contribution in [1.82, 2.24) is 0 Å². The van der Waals surface area contributed by atoms with Gasteiger partial charge in [0.1, 0.15) is 5.00 Å². The van der Waals surface area contributed by atoms with E-state index in [1.54, 1.807) is 24.3 Å². The third-order valence-electron chi connectivity index (χ3n) is 6.20. The van der Waals surface area contributed by atoms with Crippen LogP contribution in [-0.2, 0) is 20.7 Å². The van der Waals surface area contributed by atoms with Crippen molar-refractivity contribution in [3.63, 3.8) is 0 Å². The van der Waals surface area contributed by atoms with E-state index in [1.165, 1.54) is 18.4 Å². The summed E-state index contributed by atoms with van der Waals surface area (Å²) in [4.78, 5) is 39.3. The summed E-state index contributed by atoms with van der Waals surface area (Å²) in [5, 5.41) is 6.23. The van der Waals surface area contributed by atoms with Crippen molar-refractivity contribution < 1.29 is 33.3 Å². The van der Waals surface area contributed by atoms with Crippen LogP contribution in [0.4, 0.5) is 16.4 Å². The largest absolute Gasteiger partial charge is 0.465 e. The van der Waals surface area contributed by atoms with E-state index in [0.29, 0.717) is 28.6 Å². The number of esters is 2. The summed E-state index contributed by atoms with van der Waals surface area (Å²) in [5.74, 6) is -0.509. The highest BCUT2D eigenvalue weighted by Crippen LogP contribution is 2.37. The molecule has 40 heavy (non-hydrogen) atoms. The summed E-state index contributed by atoms with van der Waals surface area (Å²) in [6.45, 7) is 1.50. The molecule has 0 atom stereocenters. The van der Waals surface area contributed by atoms with Gasteiger partial charge in [-0.1, -0.05) is 36.4 Å². The number of anilines is 3. The van der Waals surface area contributed by atoms with Gasteiger partial charge in [0.15, 0.2) is 18.1 Å². The average molecular weight is 559 g/mol. The molecule has 2 N–H and O–H groups in total. The van der Waals surface area contributed by atoms with Gasteiger partial charge in [0.05, 0.1) is 23.9 Å². The molecule has 1 aliphatic rings. The maximum atomic E-state index is 12.8. The Kier molecular flexibility index (Phi) is 7.97. The van der Waals surface area contributed by atoms with Crippen LogP contribution in [0.1, 0.15) is 36.7 Å². The van der Waals surface area contributed by atoms with E-state index in [0.717, 1.165) is 21.7 Å². The summed E-state index contributed by atoms with van der Waals surface area (Å²) >= 11 is 1.25. The summed E-state index contributed by atoms with van der Waals surface area (Å²) in [5.41, 5.74) is 3.54. The minimum absolute atomic E-state index is 0.166. The number of nitrogens with one attached hydrogen (secondary N) is 2. The number of rotatable bonds is 9. The lowest BCUT2D eigenvalue weighted by atomic mass is 10.0. The van der Waals surface area contributed by atoms with Crippen molar-refractivity contribution in [1.29, 1.82) is 0 Å². The molecule has 1 aliphatic heterocycles. The molecule has 3 aromatic carbocycles. The normalized spacial score (nSPS) is 11.6. The van der Waals surface area contributed by atoms with Crippen LogP contribution < -0.4 is 20.1 Å². The van der Waals surface area contributed by atoms with E-state index in [2.05, 4.69) is 10.6 Å². The molecule has 5 rings (SSSR count). The standard InChI is InChI=1S/C30H26N2O7S/c1-18-22(14-19-12-13-24-25(15-19)39-17-38-24)27(30(35)36-2)28(40-18)32-26(33)16-37-29(34)21-10-6-7-11-23(21)31-20-8-4-3-5-9-20/h3-13,15,31H,14,16-17H2,1-2H3,(H,32,33). The summed E-state index contributed by atoms with van der Waals surface area (Å²) in [6, 6.07) is 21.9. The van der Waals surface area contributed by atoms with Gasteiger partial charge < -0.3 is 29.6 Å². The van der Waals surface area contributed by atoms with Crippen molar-refractivity contribution >= 4 is 45.6 Å². The van der Waals surface area contributed by atoms with E-state index in [4.69, 9.17) is 18.9 Å². The second kappa shape index (κ2) is 11.9. The summed E-state index contributed by atoms with van der Waals surface area (Å²) < 4.78 is 21.2. The number of aryl methyl sites for hydroxylation is 1. The number of fused-ring (bicyclic) bond motifs is 1. The lowest BCUT2D eigenvalue weighted by molar-refractivity contribution is -0.119. The van der Waals surface area contributed by atoms with Gasteiger partial charge in [-0.3, -0.25) is 4.79 Å². The van der Waals surface area contributed by atoms with Crippen molar-refractivity contribution in [3.05, 3.63) is 99.9 Å². The van der Waals surface area contributed by atoms with Gasteiger partial charge in [0.2, 0.25) is 6.79 Å². The molecule has 1 aromatic heterocycles. The number of carbonyl (C=O) groups excluding carboxylic acids is 3. The SMILES string of the molecule is COC(=O)c1c(NC(=O)COC(=O)c2ccccc2Nc2ccccc2)sc(C)c1Cc1ccc2c(c1)OCO2. The lowest BCUT2D eigenvalue weighted by Crippen LogP contribution is -2.22. The van der Waals surface area contributed by atoms with Gasteiger partial charge >= 0.3 is 11.9 Å². The maximum Gasteiger partial charge on any atom is 0.341 e. The van der Waals surface area contributed by atoms with Gasteiger partial charge in [-0.2, -0.15) is 0 Å². The number of thiophene rings is 1. The molecule has 0 fully saturated rings. The van der Waals surface area contributed by atoms with Crippen LogP contribution in [0.5, 0.6) is 11.5 Å². The average Bonchev–Trinajstić information content (AvgIpc) is 3.55. The molecular weight excluding hydrogens is 532 g/mol. The molecule has 0 spiro atoms. The molecule has 10 heteroatoms. The van der Waals surface area contributed by atoms with Crippen molar-refractivity contribution in [2.24, 2.45) is 0 Å². The predicted octanol–water partition coefficient (Wildman–Crippen LogP) is 5.70. The van der Waals surface area contributed by atoms with E-state index in [1.807, 2.05) is 55.5 Å². The molecule has 0 bridgehead atoms. The maximum absolute atomic E-state index is 12.8. The summed E-state index contributed by atoms with van der Waals surface area (Å²) in [7, 11) is 1.29. The quantitative estimate of drug-likeness (QED) is 0.252. The fraction of sp³-hybridized carbons (Fsp3) is 0.167. The Morgan fingerprint density at radius 3 is 2.48 bits per heavy atom. The van der Waals surface area contributed by atoms with E-state index >= 15 is 0 Å². The highest BCUT2D eigenvalue weighted by Gasteiger charge is 2.25. The molecular formula is C30H26N2O7S. The first kappa shape index (κ1) is 26.8. The van der Waals surface area contributed by atoms with Crippen LogP contribution in [0.2, 0.25) is 0 Å². The Hall–Kier alpha value is -4.83. The first-order valence-corrected chi connectivity index (χ1v) is 13.2. The second-order valence-corrected chi connectivity index (χ2v) is 10.1. The number of benzene rings is 3. The van der Waals surface area contributed by atoms with Crippen LogP contribution in [0.25, 0.3) is 0 Å². The zero-order chi connectivity index (χ0) is 28.1. The van der Waals surface area contributed by atoms with E-state index < -0.39 is 24.5 Å². The topological polar surface area (TPSA) is 112 Å². The predicted molar refractivity (Wildman–Crippen MR) is 151 cm³/mol. The van der Waals surface area contributed by atoms with Gasteiger partial charge in [-0.25, -0.2) is 9.59 Å². The summed E-state index contributed by atoms with van der Waals surface area (Å²) in [6.07, 6.45) is 0.416. The van der Waals surface area contributed by atoms with Gasteiger partial charge in [-0.15, -0.1) is 11.3 Å². The Morgan fingerprint density at radius 2 is 1.68 bits per heavy atom. The molecule has 2 heterocycles. The Balaban J connectivity index is 1.28. The molecule has 0 unspecified atom stereocenters. The molecule has 0 aliphatic carbocycles. The molecule has 0 saturated carbocycles. The zero-order valence-corrected chi connectivity index (χ0v) is 22.6. The number of hydrogen-bond donors (Lipinski definition) is 2. The van der Waals surface area contributed by atoms with Crippen LogP contribution in [0.15, 0.2) is 72.8 Å². The van der Waals surface area contributed by atoms with Gasteiger partial charge in [0.25, 0.3) is 5.91 Å². The van der Waals surface area contributed by atoms with Gasteiger partial charge in [-0.05, 0) is 60.9 Å². The van der Waals surface area contributed by atoms with Crippen LogP contribution in [-0.4, -0.2) is 38.4 Å². The number of ether oxygens (including phenoxy) is 4. The third-order valence-corrected chi connectivity index (χ3v) is 7.27. The first-order valence-electron chi connectivity index (χ1n) is 12.4.